The first-order valence-electron chi connectivity index (χ1n) is 5.19. The highest BCUT2D eigenvalue weighted by Gasteiger charge is 2.30. The van der Waals surface area contributed by atoms with Crippen molar-refractivity contribution in [1.82, 2.24) is 0 Å². The van der Waals surface area contributed by atoms with Gasteiger partial charge in [-0.2, -0.15) is 0 Å². The number of para-hydroxylation sites is 1. The largest absolute Gasteiger partial charge is 0.493 e. The van der Waals surface area contributed by atoms with Crippen molar-refractivity contribution >= 4 is 5.97 Å². The number of carbonyl (C=O) groups excluding carboxylic acids is 1. The smallest absolute Gasteiger partial charge is 0.306 e. The zero-order valence-electron chi connectivity index (χ0n) is 9.05. The third kappa shape index (κ3) is 2.02. The molecule has 0 aromatic heterocycles. The van der Waals surface area contributed by atoms with Gasteiger partial charge < -0.3 is 14.6 Å². The molecule has 86 valence electrons. The van der Waals surface area contributed by atoms with E-state index in [-0.39, 0.29) is 18.3 Å². The summed E-state index contributed by atoms with van der Waals surface area (Å²) < 4.78 is 10.1. The average molecular weight is 222 g/mol. The third-order valence-corrected chi connectivity index (χ3v) is 2.79. The highest BCUT2D eigenvalue weighted by Crippen LogP contribution is 2.36. The van der Waals surface area contributed by atoms with Gasteiger partial charge in [-0.1, -0.05) is 18.2 Å². The van der Waals surface area contributed by atoms with Gasteiger partial charge in [0.2, 0.25) is 0 Å². The van der Waals surface area contributed by atoms with E-state index in [1.807, 2.05) is 24.3 Å². The molecule has 0 aliphatic carbocycles. The first-order chi connectivity index (χ1) is 7.72. The van der Waals surface area contributed by atoms with Crippen LogP contribution in [0.3, 0.4) is 0 Å². The first kappa shape index (κ1) is 11.0. The SMILES string of the molecule is COC(=O)C[C@H]1COc2ccccc2[C@@H]1O. The quantitative estimate of drug-likeness (QED) is 0.766. The normalized spacial score (nSPS) is 23.1. The number of rotatable bonds is 2. The molecule has 4 nitrogen and oxygen atoms in total. The molecule has 1 aromatic rings. The lowest BCUT2D eigenvalue weighted by molar-refractivity contribution is -0.143. The maximum absolute atomic E-state index is 11.1. The van der Waals surface area contributed by atoms with E-state index < -0.39 is 6.10 Å². The molecule has 0 bridgehead atoms. The number of benzene rings is 1. The lowest BCUT2D eigenvalue weighted by atomic mass is 9.91. The zero-order valence-corrected chi connectivity index (χ0v) is 9.05. The molecule has 0 radical (unpaired) electrons. The Bertz CT molecular complexity index is 388. The Morgan fingerprint density at radius 2 is 2.31 bits per heavy atom. The molecule has 0 saturated carbocycles. The number of hydrogen-bond donors (Lipinski definition) is 1. The predicted molar refractivity (Wildman–Crippen MR) is 57.0 cm³/mol. The fourth-order valence-corrected chi connectivity index (χ4v) is 1.87. The lowest BCUT2D eigenvalue weighted by Gasteiger charge is -2.29. The standard InChI is InChI=1S/C12H14O4/c1-15-11(13)6-8-7-16-10-5-3-2-4-9(10)12(8)14/h2-5,8,12,14H,6-7H2,1H3/t8-,12+/m0/s1. The average Bonchev–Trinajstić information content (AvgIpc) is 2.33. The summed E-state index contributed by atoms with van der Waals surface area (Å²) in [5, 5.41) is 10.1. The number of ether oxygens (including phenoxy) is 2. The minimum Gasteiger partial charge on any atom is -0.493 e. The van der Waals surface area contributed by atoms with Gasteiger partial charge >= 0.3 is 5.97 Å². The fourth-order valence-electron chi connectivity index (χ4n) is 1.87. The van der Waals surface area contributed by atoms with Crippen LogP contribution in [0.5, 0.6) is 5.75 Å². The Morgan fingerprint density at radius 3 is 3.06 bits per heavy atom. The molecule has 0 saturated heterocycles. The molecule has 0 amide bonds. The first-order valence-corrected chi connectivity index (χ1v) is 5.19. The van der Waals surface area contributed by atoms with Crippen LogP contribution in [0.4, 0.5) is 0 Å². The summed E-state index contributed by atoms with van der Waals surface area (Å²) in [5.74, 6) is 0.130. The summed E-state index contributed by atoms with van der Waals surface area (Å²) >= 11 is 0. The van der Waals surface area contributed by atoms with Crippen molar-refractivity contribution in [1.29, 1.82) is 0 Å². The fraction of sp³-hybridized carbons (Fsp3) is 0.417. The van der Waals surface area contributed by atoms with Gasteiger partial charge in [0.1, 0.15) is 5.75 Å². The maximum atomic E-state index is 11.1. The summed E-state index contributed by atoms with van der Waals surface area (Å²) in [7, 11) is 1.34. The van der Waals surface area contributed by atoms with Crippen molar-refractivity contribution in [3.05, 3.63) is 29.8 Å². The molecule has 2 atom stereocenters. The molecule has 16 heavy (non-hydrogen) atoms. The van der Waals surface area contributed by atoms with E-state index in [0.29, 0.717) is 12.4 Å². The lowest BCUT2D eigenvalue weighted by Crippen LogP contribution is -2.28. The van der Waals surface area contributed by atoms with Crippen molar-refractivity contribution in [2.24, 2.45) is 5.92 Å². The van der Waals surface area contributed by atoms with Crippen LogP contribution in [-0.2, 0) is 9.53 Å². The van der Waals surface area contributed by atoms with Crippen LogP contribution >= 0.6 is 0 Å². The van der Waals surface area contributed by atoms with E-state index in [9.17, 15) is 9.90 Å². The second-order valence-electron chi connectivity index (χ2n) is 3.83. The Morgan fingerprint density at radius 1 is 1.56 bits per heavy atom. The number of methoxy groups -OCH3 is 1. The van der Waals surface area contributed by atoms with Crippen LogP contribution < -0.4 is 4.74 Å². The van der Waals surface area contributed by atoms with Gasteiger partial charge in [0.25, 0.3) is 0 Å². The van der Waals surface area contributed by atoms with Crippen molar-refractivity contribution in [3.8, 4) is 5.75 Å². The van der Waals surface area contributed by atoms with Crippen molar-refractivity contribution in [2.45, 2.75) is 12.5 Å². The molecule has 2 rings (SSSR count). The van der Waals surface area contributed by atoms with E-state index in [2.05, 4.69) is 4.74 Å². The van der Waals surface area contributed by atoms with Gasteiger partial charge in [0.15, 0.2) is 0 Å². The monoisotopic (exact) mass is 222 g/mol. The van der Waals surface area contributed by atoms with Gasteiger partial charge in [-0.25, -0.2) is 0 Å². The van der Waals surface area contributed by atoms with Crippen LogP contribution in [0.2, 0.25) is 0 Å². The van der Waals surface area contributed by atoms with Crippen LogP contribution in [0.15, 0.2) is 24.3 Å². The molecule has 1 aliphatic heterocycles. The maximum Gasteiger partial charge on any atom is 0.306 e. The summed E-state index contributed by atoms with van der Waals surface area (Å²) in [4.78, 5) is 11.1. The number of carbonyl (C=O) groups is 1. The van der Waals surface area contributed by atoms with Gasteiger partial charge in [0, 0.05) is 11.5 Å². The molecule has 0 fully saturated rings. The highest BCUT2D eigenvalue weighted by molar-refractivity contribution is 5.69. The third-order valence-electron chi connectivity index (χ3n) is 2.79. The summed E-state index contributed by atoms with van der Waals surface area (Å²) in [6.07, 6.45) is -0.490. The number of aliphatic hydroxyl groups excluding tert-OH is 1. The summed E-state index contributed by atoms with van der Waals surface area (Å²) in [6.45, 7) is 0.341. The van der Waals surface area contributed by atoms with E-state index >= 15 is 0 Å². The minimum absolute atomic E-state index is 0.173. The second kappa shape index (κ2) is 4.53. The number of fused-ring (bicyclic) bond motifs is 1. The van der Waals surface area contributed by atoms with E-state index in [1.165, 1.54) is 7.11 Å². The van der Waals surface area contributed by atoms with Gasteiger partial charge in [0.05, 0.1) is 26.2 Å². The molecule has 1 heterocycles. The number of aliphatic hydroxyl groups is 1. The molecular weight excluding hydrogens is 208 g/mol. The Kier molecular flexibility index (Phi) is 3.10. The van der Waals surface area contributed by atoms with Gasteiger partial charge in [-0.3, -0.25) is 4.79 Å². The number of hydrogen-bond acceptors (Lipinski definition) is 4. The van der Waals surface area contributed by atoms with E-state index in [0.717, 1.165) is 5.56 Å². The predicted octanol–water partition coefficient (Wildman–Crippen LogP) is 1.29. The van der Waals surface area contributed by atoms with Crippen LogP contribution in [0.25, 0.3) is 0 Å². The van der Waals surface area contributed by atoms with Crippen molar-refractivity contribution < 1.29 is 19.4 Å². The van der Waals surface area contributed by atoms with Crippen LogP contribution in [-0.4, -0.2) is 24.8 Å². The van der Waals surface area contributed by atoms with Crippen molar-refractivity contribution in [3.63, 3.8) is 0 Å². The highest BCUT2D eigenvalue weighted by atomic mass is 16.5. The Labute approximate surface area is 93.8 Å². The minimum atomic E-state index is -0.663. The molecular formula is C12H14O4. The topological polar surface area (TPSA) is 55.8 Å². The molecule has 1 aliphatic rings. The Hall–Kier alpha value is -1.55. The second-order valence-corrected chi connectivity index (χ2v) is 3.83. The van der Waals surface area contributed by atoms with E-state index in [1.54, 1.807) is 0 Å². The molecule has 1 N–H and O–H groups in total. The molecule has 1 aromatic carbocycles. The van der Waals surface area contributed by atoms with Gasteiger partial charge in [-0.15, -0.1) is 0 Å². The summed E-state index contributed by atoms with van der Waals surface area (Å²) in [5.41, 5.74) is 0.739. The molecule has 0 spiro atoms. The van der Waals surface area contributed by atoms with Crippen LogP contribution in [0, 0.1) is 5.92 Å². The van der Waals surface area contributed by atoms with Gasteiger partial charge in [-0.05, 0) is 6.07 Å². The zero-order chi connectivity index (χ0) is 11.5. The Balaban J connectivity index is 2.15. The molecule has 4 heteroatoms. The number of esters is 1. The van der Waals surface area contributed by atoms with Crippen LogP contribution in [0.1, 0.15) is 18.1 Å². The van der Waals surface area contributed by atoms with E-state index in [4.69, 9.17) is 4.74 Å². The summed E-state index contributed by atoms with van der Waals surface area (Å²) in [6, 6.07) is 7.31. The van der Waals surface area contributed by atoms with Crippen molar-refractivity contribution in [2.75, 3.05) is 13.7 Å². The molecule has 0 unspecified atom stereocenters.